The molecule has 1 atom stereocenters. The number of nitrogens with one attached hydrogen (secondary N) is 2. The molecule has 3 aromatic rings. The van der Waals surface area contributed by atoms with Gasteiger partial charge in [-0.05, 0) is 25.1 Å². The van der Waals surface area contributed by atoms with Gasteiger partial charge < -0.3 is 25.0 Å². The zero-order chi connectivity index (χ0) is 20.1. The van der Waals surface area contributed by atoms with Gasteiger partial charge >= 0.3 is 11.8 Å². The molecule has 7 heteroatoms. The average molecular weight is 381 g/mol. The van der Waals surface area contributed by atoms with Crippen LogP contribution in [0.15, 0.2) is 54.7 Å². The van der Waals surface area contributed by atoms with Crippen LogP contribution in [0, 0.1) is 0 Å². The van der Waals surface area contributed by atoms with Gasteiger partial charge in [-0.15, -0.1) is 0 Å². The van der Waals surface area contributed by atoms with E-state index in [1.807, 2.05) is 49.0 Å². The maximum absolute atomic E-state index is 12.2. The van der Waals surface area contributed by atoms with Crippen LogP contribution in [0.25, 0.3) is 10.9 Å². The van der Waals surface area contributed by atoms with Crippen LogP contribution in [-0.2, 0) is 16.6 Å². The predicted molar refractivity (Wildman–Crippen MR) is 107 cm³/mol. The predicted octanol–water partition coefficient (Wildman–Crippen LogP) is 2.37. The zero-order valence-electron chi connectivity index (χ0n) is 15.8. The molecule has 3 rings (SSSR count). The number of ether oxygens (including phenoxy) is 1. The summed E-state index contributed by atoms with van der Waals surface area (Å²) < 4.78 is 7.34. The van der Waals surface area contributed by atoms with E-state index in [2.05, 4.69) is 10.6 Å². The Morgan fingerprint density at radius 3 is 2.61 bits per heavy atom. The van der Waals surface area contributed by atoms with E-state index in [9.17, 15) is 14.7 Å². The molecule has 0 radical (unpaired) electrons. The first-order chi connectivity index (χ1) is 13.5. The van der Waals surface area contributed by atoms with E-state index in [1.165, 1.54) is 0 Å². The Kier molecular flexibility index (Phi) is 5.96. The summed E-state index contributed by atoms with van der Waals surface area (Å²) in [7, 11) is 1.89. The molecule has 28 heavy (non-hydrogen) atoms. The molecule has 2 aromatic carbocycles. The van der Waals surface area contributed by atoms with Crippen molar-refractivity contribution in [1.29, 1.82) is 0 Å². The third-order valence-electron chi connectivity index (χ3n) is 4.38. The molecule has 1 aromatic heterocycles. The monoisotopic (exact) mass is 381 g/mol. The standard InChI is InChI=1S/C21H23N3O4/c1-3-28-19-11-7-5-9-16(19)23-21(27)20(26)22-12-18(25)15-13-24(2)17-10-6-4-8-14(15)17/h4-11,13,18,25H,3,12H2,1-2H3,(H,22,26)(H,23,27). The van der Waals surface area contributed by atoms with Gasteiger partial charge in [-0.1, -0.05) is 30.3 Å². The van der Waals surface area contributed by atoms with Crippen molar-refractivity contribution in [2.24, 2.45) is 7.05 Å². The Hall–Kier alpha value is -3.32. The van der Waals surface area contributed by atoms with Gasteiger partial charge in [-0.3, -0.25) is 9.59 Å². The highest BCUT2D eigenvalue weighted by atomic mass is 16.5. The van der Waals surface area contributed by atoms with E-state index in [4.69, 9.17) is 4.74 Å². The van der Waals surface area contributed by atoms with Gasteiger partial charge in [0.25, 0.3) is 0 Å². The number of hydrogen-bond donors (Lipinski definition) is 3. The molecule has 146 valence electrons. The first-order valence-corrected chi connectivity index (χ1v) is 9.04. The van der Waals surface area contributed by atoms with Gasteiger partial charge in [-0.25, -0.2) is 0 Å². The Labute approximate surface area is 162 Å². The molecule has 3 N–H and O–H groups in total. The number of amides is 2. The molecule has 7 nitrogen and oxygen atoms in total. The topological polar surface area (TPSA) is 92.6 Å². The molecule has 0 spiro atoms. The minimum atomic E-state index is -0.932. The lowest BCUT2D eigenvalue weighted by molar-refractivity contribution is -0.136. The highest BCUT2D eigenvalue weighted by Gasteiger charge is 2.19. The molecule has 1 heterocycles. The summed E-state index contributed by atoms with van der Waals surface area (Å²) in [5, 5.41) is 16.4. The van der Waals surface area contributed by atoms with Crippen molar-refractivity contribution < 1.29 is 19.4 Å². The Bertz CT molecular complexity index is 996. The molecular weight excluding hydrogens is 358 g/mol. The van der Waals surface area contributed by atoms with Crippen LogP contribution in [-0.4, -0.2) is 34.6 Å². The van der Waals surface area contributed by atoms with Crippen molar-refractivity contribution in [3.8, 4) is 5.75 Å². The second kappa shape index (κ2) is 8.58. The van der Waals surface area contributed by atoms with E-state index >= 15 is 0 Å². The third kappa shape index (κ3) is 4.15. The number of hydrogen-bond acceptors (Lipinski definition) is 4. The van der Waals surface area contributed by atoms with Crippen molar-refractivity contribution in [3.63, 3.8) is 0 Å². The minimum absolute atomic E-state index is 0.0760. The number of aliphatic hydroxyl groups excluding tert-OH is 1. The fraction of sp³-hybridized carbons (Fsp3) is 0.238. The Morgan fingerprint density at radius 2 is 1.82 bits per heavy atom. The molecular formula is C21H23N3O4. The van der Waals surface area contributed by atoms with Crippen molar-refractivity contribution in [1.82, 2.24) is 9.88 Å². The van der Waals surface area contributed by atoms with E-state index in [1.54, 1.807) is 24.3 Å². The number of carbonyl (C=O) groups excluding carboxylic acids is 2. The van der Waals surface area contributed by atoms with Crippen LogP contribution in [0.4, 0.5) is 5.69 Å². The lowest BCUT2D eigenvalue weighted by atomic mass is 10.1. The molecule has 0 saturated carbocycles. The van der Waals surface area contributed by atoms with E-state index in [0.717, 1.165) is 10.9 Å². The number of aryl methyl sites for hydroxylation is 1. The smallest absolute Gasteiger partial charge is 0.313 e. The average Bonchev–Trinajstić information content (AvgIpc) is 3.04. The highest BCUT2D eigenvalue weighted by Crippen LogP contribution is 2.26. The summed E-state index contributed by atoms with van der Waals surface area (Å²) in [4.78, 5) is 24.3. The fourth-order valence-electron chi connectivity index (χ4n) is 3.05. The Balaban J connectivity index is 1.62. The second-order valence-electron chi connectivity index (χ2n) is 6.32. The van der Waals surface area contributed by atoms with Gasteiger partial charge in [0.2, 0.25) is 0 Å². The van der Waals surface area contributed by atoms with Crippen LogP contribution < -0.4 is 15.4 Å². The largest absolute Gasteiger partial charge is 0.492 e. The lowest BCUT2D eigenvalue weighted by Gasteiger charge is -2.13. The van der Waals surface area contributed by atoms with Crippen molar-refractivity contribution in [2.45, 2.75) is 13.0 Å². The van der Waals surface area contributed by atoms with Crippen LogP contribution in [0.3, 0.4) is 0 Å². The number of aromatic nitrogens is 1. The first kappa shape index (κ1) is 19.4. The number of benzene rings is 2. The molecule has 2 amide bonds. The van der Waals surface area contributed by atoms with Crippen LogP contribution in [0.1, 0.15) is 18.6 Å². The maximum atomic E-state index is 12.2. The van der Waals surface area contributed by atoms with Gasteiger partial charge in [0.05, 0.1) is 18.4 Å². The van der Waals surface area contributed by atoms with Crippen molar-refractivity contribution in [2.75, 3.05) is 18.5 Å². The first-order valence-electron chi connectivity index (χ1n) is 9.04. The SMILES string of the molecule is CCOc1ccccc1NC(=O)C(=O)NCC(O)c1cn(C)c2ccccc12. The molecule has 0 aliphatic heterocycles. The summed E-state index contributed by atoms with van der Waals surface area (Å²) >= 11 is 0. The number of rotatable bonds is 6. The molecule has 0 fully saturated rings. The van der Waals surface area contributed by atoms with Crippen LogP contribution in [0.5, 0.6) is 5.75 Å². The van der Waals surface area contributed by atoms with Gasteiger partial charge in [0.1, 0.15) is 5.75 Å². The molecule has 0 saturated heterocycles. The van der Waals surface area contributed by atoms with Crippen molar-refractivity contribution in [3.05, 3.63) is 60.3 Å². The van der Waals surface area contributed by atoms with Crippen LogP contribution >= 0.6 is 0 Å². The summed E-state index contributed by atoms with van der Waals surface area (Å²) in [6.07, 6.45) is 0.887. The maximum Gasteiger partial charge on any atom is 0.313 e. The highest BCUT2D eigenvalue weighted by molar-refractivity contribution is 6.39. The Morgan fingerprint density at radius 1 is 1.11 bits per heavy atom. The normalized spacial score (nSPS) is 11.8. The quantitative estimate of drug-likeness (QED) is 0.572. The number of aliphatic hydroxyl groups is 1. The van der Waals surface area contributed by atoms with Crippen molar-refractivity contribution >= 4 is 28.4 Å². The van der Waals surface area contributed by atoms with Gasteiger partial charge in [0.15, 0.2) is 0 Å². The van der Waals surface area contributed by atoms with Gasteiger partial charge in [0, 0.05) is 36.3 Å². The molecule has 0 aliphatic rings. The molecule has 0 bridgehead atoms. The number of para-hydroxylation sites is 3. The molecule has 0 aliphatic carbocycles. The zero-order valence-corrected chi connectivity index (χ0v) is 15.8. The number of nitrogens with zero attached hydrogens (tertiary/aromatic N) is 1. The summed E-state index contributed by atoms with van der Waals surface area (Å²) in [6, 6.07) is 14.6. The number of anilines is 1. The van der Waals surface area contributed by atoms with E-state index in [0.29, 0.717) is 23.6 Å². The van der Waals surface area contributed by atoms with E-state index < -0.39 is 17.9 Å². The van der Waals surface area contributed by atoms with Crippen LogP contribution in [0.2, 0.25) is 0 Å². The van der Waals surface area contributed by atoms with Gasteiger partial charge in [-0.2, -0.15) is 0 Å². The number of fused-ring (bicyclic) bond motifs is 1. The summed E-state index contributed by atoms with van der Waals surface area (Å²) in [6.45, 7) is 2.20. The minimum Gasteiger partial charge on any atom is -0.492 e. The number of carbonyl (C=O) groups is 2. The summed E-state index contributed by atoms with van der Waals surface area (Å²) in [5.74, 6) is -1.16. The molecule has 1 unspecified atom stereocenters. The van der Waals surface area contributed by atoms with E-state index in [-0.39, 0.29) is 6.54 Å². The summed E-state index contributed by atoms with van der Waals surface area (Å²) in [5.41, 5.74) is 2.09. The third-order valence-corrected chi connectivity index (χ3v) is 4.38. The second-order valence-corrected chi connectivity index (χ2v) is 6.32. The lowest BCUT2D eigenvalue weighted by Crippen LogP contribution is -2.37. The fourth-order valence-corrected chi connectivity index (χ4v) is 3.05.